The van der Waals surface area contributed by atoms with Crippen molar-refractivity contribution in [2.75, 3.05) is 33.9 Å². The highest BCUT2D eigenvalue weighted by atomic mass is 16.5. The number of methoxy groups -OCH3 is 2. The average molecular weight is 383 g/mol. The van der Waals surface area contributed by atoms with Crippen molar-refractivity contribution < 1.29 is 14.3 Å². The Morgan fingerprint density at radius 1 is 0.964 bits per heavy atom. The number of amides is 1. The lowest BCUT2D eigenvalue weighted by Crippen LogP contribution is -2.38. The van der Waals surface area contributed by atoms with Gasteiger partial charge in [-0.2, -0.15) is 0 Å². The summed E-state index contributed by atoms with van der Waals surface area (Å²) < 4.78 is 10.5. The van der Waals surface area contributed by atoms with Crippen molar-refractivity contribution in [3.63, 3.8) is 0 Å². The topological polar surface area (TPSA) is 50.8 Å². The number of likely N-dealkylation sites (tertiary alicyclic amines) is 1. The van der Waals surface area contributed by atoms with E-state index in [0.29, 0.717) is 17.9 Å². The maximum absolute atomic E-state index is 12.7. The van der Waals surface area contributed by atoms with Crippen LogP contribution in [0.15, 0.2) is 48.5 Å². The molecule has 150 valence electrons. The molecule has 1 atom stereocenters. The normalized spacial score (nSPS) is 16.1. The number of benzene rings is 2. The number of rotatable bonds is 7. The fourth-order valence-corrected chi connectivity index (χ4v) is 3.75. The molecule has 2 aromatic rings. The van der Waals surface area contributed by atoms with Crippen LogP contribution in [0.4, 0.5) is 0 Å². The zero-order chi connectivity index (χ0) is 19.8. The Morgan fingerprint density at radius 2 is 1.64 bits per heavy atom. The van der Waals surface area contributed by atoms with Crippen molar-refractivity contribution >= 4 is 5.91 Å². The molecule has 1 amide bonds. The molecule has 1 aliphatic rings. The van der Waals surface area contributed by atoms with Crippen LogP contribution in [-0.4, -0.2) is 44.7 Å². The minimum absolute atomic E-state index is 0.0766. The monoisotopic (exact) mass is 382 g/mol. The standard InChI is InChI=1S/C23H30N2O3/c1-27-20-12-10-18(11-13-20)22(25-14-5-3-4-6-15-25)17-24-23(26)19-8-7-9-21(16-19)28-2/h7-13,16,22H,3-6,14-15,17H2,1-2H3,(H,24,26). The van der Waals surface area contributed by atoms with Gasteiger partial charge >= 0.3 is 0 Å². The van der Waals surface area contributed by atoms with Gasteiger partial charge in [-0.25, -0.2) is 0 Å². The lowest BCUT2D eigenvalue weighted by Gasteiger charge is -2.31. The second-order valence-electron chi connectivity index (χ2n) is 7.18. The summed E-state index contributed by atoms with van der Waals surface area (Å²) in [5, 5.41) is 3.13. The van der Waals surface area contributed by atoms with E-state index in [0.717, 1.165) is 18.8 Å². The number of hydrogen-bond donors (Lipinski definition) is 1. The van der Waals surface area contributed by atoms with Gasteiger partial charge in [-0.15, -0.1) is 0 Å². The number of nitrogens with one attached hydrogen (secondary N) is 1. The van der Waals surface area contributed by atoms with E-state index in [1.54, 1.807) is 20.3 Å². The van der Waals surface area contributed by atoms with Crippen LogP contribution in [0.5, 0.6) is 11.5 Å². The Kier molecular flexibility index (Phi) is 7.31. The SMILES string of the molecule is COc1ccc(C(CNC(=O)c2cccc(OC)c2)N2CCCCCC2)cc1. The van der Waals surface area contributed by atoms with Gasteiger partial charge in [0.25, 0.3) is 5.91 Å². The Morgan fingerprint density at radius 3 is 2.29 bits per heavy atom. The smallest absolute Gasteiger partial charge is 0.251 e. The minimum Gasteiger partial charge on any atom is -0.497 e. The van der Waals surface area contributed by atoms with E-state index in [1.807, 2.05) is 30.3 Å². The summed E-state index contributed by atoms with van der Waals surface area (Å²) in [4.78, 5) is 15.2. The van der Waals surface area contributed by atoms with Crippen molar-refractivity contribution in [2.24, 2.45) is 0 Å². The van der Waals surface area contributed by atoms with Gasteiger partial charge in [0.05, 0.1) is 20.3 Å². The van der Waals surface area contributed by atoms with E-state index < -0.39 is 0 Å². The summed E-state index contributed by atoms with van der Waals surface area (Å²) in [5.74, 6) is 1.46. The maximum atomic E-state index is 12.7. The van der Waals surface area contributed by atoms with Crippen LogP contribution in [0.25, 0.3) is 0 Å². The Hall–Kier alpha value is -2.53. The van der Waals surface area contributed by atoms with Crippen LogP contribution < -0.4 is 14.8 Å². The van der Waals surface area contributed by atoms with Crippen LogP contribution >= 0.6 is 0 Å². The van der Waals surface area contributed by atoms with Gasteiger partial charge in [-0.05, 0) is 61.8 Å². The van der Waals surface area contributed by atoms with Crippen molar-refractivity contribution in [2.45, 2.75) is 31.7 Å². The van der Waals surface area contributed by atoms with Crippen molar-refractivity contribution in [1.29, 1.82) is 0 Å². The summed E-state index contributed by atoms with van der Waals surface area (Å²) in [6, 6.07) is 15.6. The predicted molar refractivity (Wildman–Crippen MR) is 111 cm³/mol. The third-order valence-electron chi connectivity index (χ3n) is 5.37. The zero-order valence-electron chi connectivity index (χ0n) is 16.8. The number of hydrogen-bond acceptors (Lipinski definition) is 4. The van der Waals surface area contributed by atoms with Gasteiger partial charge in [0, 0.05) is 12.1 Å². The maximum Gasteiger partial charge on any atom is 0.251 e. The molecule has 1 saturated heterocycles. The van der Waals surface area contributed by atoms with E-state index in [1.165, 1.54) is 31.2 Å². The molecule has 1 N–H and O–H groups in total. The Labute approximate surface area is 167 Å². The Bertz CT molecular complexity index is 753. The second kappa shape index (κ2) is 10.1. The summed E-state index contributed by atoms with van der Waals surface area (Å²) in [5.41, 5.74) is 1.82. The molecule has 2 aromatic carbocycles. The second-order valence-corrected chi connectivity index (χ2v) is 7.18. The first-order chi connectivity index (χ1) is 13.7. The fourth-order valence-electron chi connectivity index (χ4n) is 3.75. The molecule has 0 spiro atoms. The molecule has 1 unspecified atom stereocenters. The molecule has 0 saturated carbocycles. The minimum atomic E-state index is -0.0766. The first-order valence-corrected chi connectivity index (χ1v) is 10.0. The van der Waals surface area contributed by atoms with Crippen LogP contribution in [0, 0.1) is 0 Å². The quantitative estimate of drug-likeness (QED) is 0.785. The van der Waals surface area contributed by atoms with Gasteiger partial charge in [0.15, 0.2) is 0 Å². The first-order valence-electron chi connectivity index (χ1n) is 10.0. The number of ether oxygens (including phenoxy) is 2. The third-order valence-corrected chi connectivity index (χ3v) is 5.37. The molecule has 0 aliphatic carbocycles. The van der Waals surface area contributed by atoms with Gasteiger partial charge in [-0.1, -0.05) is 31.0 Å². The van der Waals surface area contributed by atoms with Crippen LogP contribution in [0.2, 0.25) is 0 Å². The highest BCUT2D eigenvalue weighted by molar-refractivity contribution is 5.94. The summed E-state index contributed by atoms with van der Waals surface area (Å²) in [6.45, 7) is 2.69. The van der Waals surface area contributed by atoms with E-state index in [-0.39, 0.29) is 11.9 Å². The summed E-state index contributed by atoms with van der Waals surface area (Å²) >= 11 is 0. The lowest BCUT2D eigenvalue weighted by molar-refractivity contribution is 0.0933. The summed E-state index contributed by atoms with van der Waals surface area (Å²) in [6.07, 6.45) is 4.97. The predicted octanol–water partition coefficient (Wildman–Crippen LogP) is 4.05. The Balaban J connectivity index is 1.74. The van der Waals surface area contributed by atoms with Crippen molar-refractivity contribution in [1.82, 2.24) is 10.2 Å². The molecular weight excluding hydrogens is 352 g/mol. The zero-order valence-corrected chi connectivity index (χ0v) is 16.8. The van der Waals surface area contributed by atoms with E-state index in [9.17, 15) is 4.79 Å². The third kappa shape index (κ3) is 5.26. The molecule has 5 nitrogen and oxygen atoms in total. The lowest BCUT2D eigenvalue weighted by atomic mass is 10.0. The first kappa shape index (κ1) is 20.2. The van der Waals surface area contributed by atoms with E-state index >= 15 is 0 Å². The number of nitrogens with zero attached hydrogens (tertiary/aromatic N) is 1. The average Bonchev–Trinajstić information content (AvgIpc) is 3.03. The molecule has 1 heterocycles. The van der Waals surface area contributed by atoms with Crippen LogP contribution in [0.1, 0.15) is 47.6 Å². The molecule has 28 heavy (non-hydrogen) atoms. The summed E-state index contributed by atoms with van der Waals surface area (Å²) in [7, 11) is 3.28. The molecule has 0 radical (unpaired) electrons. The number of carbonyl (C=O) groups excluding carboxylic acids is 1. The van der Waals surface area contributed by atoms with Crippen molar-refractivity contribution in [3.05, 3.63) is 59.7 Å². The van der Waals surface area contributed by atoms with Gasteiger partial charge in [0.1, 0.15) is 11.5 Å². The van der Waals surface area contributed by atoms with E-state index in [4.69, 9.17) is 9.47 Å². The molecule has 5 heteroatoms. The molecule has 3 rings (SSSR count). The molecular formula is C23H30N2O3. The van der Waals surface area contributed by atoms with Gasteiger partial charge < -0.3 is 14.8 Å². The van der Waals surface area contributed by atoms with E-state index in [2.05, 4.69) is 22.3 Å². The van der Waals surface area contributed by atoms with Crippen LogP contribution in [-0.2, 0) is 0 Å². The fraction of sp³-hybridized carbons (Fsp3) is 0.435. The number of carbonyl (C=O) groups is 1. The molecule has 0 bridgehead atoms. The highest BCUT2D eigenvalue weighted by Gasteiger charge is 2.22. The van der Waals surface area contributed by atoms with Crippen molar-refractivity contribution in [3.8, 4) is 11.5 Å². The van der Waals surface area contributed by atoms with Gasteiger partial charge in [-0.3, -0.25) is 9.69 Å². The molecule has 1 aliphatic heterocycles. The van der Waals surface area contributed by atoms with Gasteiger partial charge in [0.2, 0.25) is 0 Å². The molecule has 1 fully saturated rings. The highest BCUT2D eigenvalue weighted by Crippen LogP contribution is 2.26. The molecule has 0 aromatic heterocycles. The largest absolute Gasteiger partial charge is 0.497 e. The van der Waals surface area contributed by atoms with Crippen LogP contribution in [0.3, 0.4) is 0 Å².